The normalized spacial score (nSPS) is 11.8. The van der Waals surface area contributed by atoms with Gasteiger partial charge in [0.2, 0.25) is 5.91 Å². The van der Waals surface area contributed by atoms with Gasteiger partial charge in [0.05, 0.1) is 5.56 Å². The van der Waals surface area contributed by atoms with Gasteiger partial charge in [-0.05, 0) is 37.3 Å². The Morgan fingerprint density at radius 2 is 1.75 bits per heavy atom. The number of hydrogen-bond donors (Lipinski definition) is 2. The van der Waals surface area contributed by atoms with E-state index in [2.05, 4.69) is 10.6 Å². The van der Waals surface area contributed by atoms with Gasteiger partial charge in [0.15, 0.2) is 0 Å². The number of nitrogens with one attached hydrogen (secondary N) is 2. The first-order valence-electron chi connectivity index (χ1n) is 7.59. The van der Waals surface area contributed by atoms with E-state index in [-0.39, 0.29) is 18.2 Å². The summed E-state index contributed by atoms with van der Waals surface area (Å²) in [6, 6.07) is 8.45. The Labute approximate surface area is 143 Å². The second-order valence-corrected chi connectivity index (χ2v) is 7.07. The molecule has 0 aliphatic rings. The Morgan fingerprint density at radius 3 is 2.29 bits per heavy atom. The van der Waals surface area contributed by atoms with Crippen molar-refractivity contribution < 1.29 is 18.2 Å². The van der Waals surface area contributed by atoms with Gasteiger partial charge in [-0.2, -0.15) is 0 Å². The number of benzene rings is 1. The van der Waals surface area contributed by atoms with E-state index < -0.39 is 10.8 Å². The van der Waals surface area contributed by atoms with Crippen LogP contribution in [0.25, 0.3) is 0 Å². The lowest BCUT2D eigenvalue weighted by atomic mass is 10.2. The molecule has 0 aliphatic carbocycles. The molecule has 1 aromatic carbocycles. The van der Waals surface area contributed by atoms with E-state index in [4.69, 9.17) is 4.42 Å². The Hall–Kier alpha value is -2.41. The van der Waals surface area contributed by atoms with Crippen LogP contribution in [0.3, 0.4) is 0 Å². The molecule has 0 spiro atoms. The summed E-state index contributed by atoms with van der Waals surface area (Å²) in [6.45, 7) is 3.59. The van der Waals surface area contributed by atoms with Gasteiger partial charge in [0.25, 0.3) is 5.91 Å². The molecule has 24 heavy (non-hydrogen) atoms. The molecule has 0 aliphatic heterocycles. The van der Waals surface area contributed by atoms with Crippen molar-refractivity contribution in [1.29, 1.82) is 0 Å². The van der Waals surface area contributed by atoms with Crippen LogP contribution in [0.1, 0.15) is 29.5 Å². The van der Waals surface area contributed by atoms with Crippen LogP contribution in [-0.4, -0.2) is 27.5 Å². The van der Waals surface area contributed by atoms with Crippen molar-refractivity contribution in [3.05, 3.63) is 47.9 Å². The summed E-state index contributed by atoms with van der Waals surface area (Å²) in [6.07, 6.45) is 1.62. The molecule has 1 unspecified atom stereocenters. The van der Waals surface area contributed by atoms with Crippen LogP contribution in [0.15, 0.2) is 41.0 Å². The van der Waals surface area contributed by atoms with Crippen LogP contribution >= 0.6 is 0 Å². The van der Waals surface area contributed by atoms with Gasteiger partial charge < -0.3 is 15.1 Å². The third-order valence-corrected chi connectivity index (χ3v) is 4.60. The first-order valence-corrected chi connectivity index (χ1v) is 9.08. The molecule has 2 rings (SSSR count). The zero-order chi connectivity index (χ0) is 17.5. The van der Waals surface area contributed by atoms with Gasteiger partial charge in [-0.25, -0.2) is 0 Å². The molecule has 0 radical (unpaired) electrons. The molecular formula is C17H20N2O4S. The molecular weight excluding hydrogens is 328 g/mol. The quantitative estimate of drug-likeness (QED) is 0.805. The number of aryl methyl sites for hydroxylation is 1. The zero-order valence-electron chi connectivity index (χ0n) is 13.6. The number of hydrogen-bond acceptors (Lipinski definition) is 4. The predicted molar refractivity (Wildman–Crippen MR) is 94.6 cm³/mol. The minimum atomic E-state index is -0.948. The van der Waals surface area contributed by atoms with Crippen molar-refractivity contribution in [2.24, 2.45) is 0 Å². The van der Waals surface area contributed by atoms with Gasteiger partial charge >= 0.3 is 0 Å². The van der Waals surface area contributed by atoms with E-state index in [1.165, 1.54) is 6.26 Å². The third kappa shape index (κ3) is 5.34. The van der Waals surface area contributed by atoms with E-state index in [0.29, 0.717) is 34.2 Å². The molecule has 1 atom stereocenters. The lowest BCUT2D eigenvalue weighted by Crippen LogP contribution is -2.15. The maximum atomic E-state index is 12.0. The monoisotopic (exact) mass is 348 g/mol. The van der Waals surface area contributed by atoms with Gasteiger partial charge in [0, 0.05) is 40.1 Å². The molecule has 128 valence electrons. The number of anilines is 2. The highest BCUT2D eigenvalue weighted by molar-refractivity contribution is 7.84. The molecule has 0 saturated heterocycles. The Bertz CT molecular complexity index is 737. The minimum absolute atomic E-state index is 0.178. The fourth-order valence-corrected chi connectivity index (χ4v) is 2.68. The first kappa shape index (κ1) is 17.9. The molecule has 1 heterocycles. The maximum Gasteiger partial charge on any atom is 0.258 e. The molecule has 0 fully saturated rings. The van der Waals surface area contributed by atoms with E-state index >= 15 is 0 Å². The lowest BCUT2D eigenvalue weighted by molar-refractivity contribution is -0.115. The van der Waals surface area contributed by atoms with Crippen LogP contribution in [0.5, 0.6) is 0 Å². The molecule has 0 bridgehead atoms. The molecule has 2 amide bonds. The van der Waals surface area contributed by atoms with E-state index in [0.717, 1.165) is 0 Å². The van der Waals surface area contributed by atoms with E-state index in [1.54, 1.807) is 37.3 Å². The Kier molecular flexibility index (Phi) is 6.31. The van der Waals surface area contributed by atoms with Gasteiger partial charge in [-0.1, -0.05) is 6.92 Å². The second-order valence-electron chi connectivity index (χ2n) is 5.21. The summed E-state index contributed by atoms with van der Waals surface area (Å²) in [5.41, 5.74) is 1.69. The van der Waals surface area contributed by atoms with E-state index in [1.807, 2.05) is 6.92 Å². The van der Waals surface area contributed by atoms with Crippen LogP contribution in [0.2, 0.25) is 0 Å². The lowest BCUT2D eigenvalue weighted by Gasteiger charge is -2.07. The Morgan fingerprint density at radius 1 is 1.12 bits per heavy atom. The van der Waals surface area contributed by atoms with Crippen LogP contribution in [0.4, 0.5) is 11.4 Å². The second kappa shape index (κ2) is 8.44. The number of carbonyl (C=O) groups excluding carboxylic acids is 2. The number of rotatable bonds is 7. The summed E-state index contributed by atoms with van der Waals surface area (Å²) in [5.74, 6) is 1.15. The third-order valence-electron chi connectivity index (χ3n) is 3.30. The fraction of sp³-hybridized carbons (Fsp3) is 0.294. The zero-order valence-corrected chi connectivity index (χ0v) is 14.4. The highest BCUT2D eigenvalue weighted by Gasteiger charge is 2.09. The van der Waals surface area contributed by atoms with Crippen molar-refractivity contribution in [3.63, 3.8) is 0 Å². The minimum Gasteiger partial charge on any atom is -0.469 e. The van der Waals surface area contributed by atoms with Gasteiger partial charge in [-0.15, -0.1) is 0 Å². The highest BCUT2D eigenvalue weighted by atomic mass is 32.2. The SMILES string of the molecule is CCS(=O)CCC(=O)Nc1ccc(NC(=O)c2coc(C)c2)cc1. The standard InChI is InChI=1S/C17H20N2O4S/c1-3-24(22)9-8-16(20)18-14-4-6-15(7-5-14)19-17(21)13-10-12(2)23-11-13/h4-7,10-11H,3,8-9H2,1-2H3,(H,18,20)(H,19,21). The van der Waals surface area contributed by atoms with Crippen molar-refractivity contribution >= 4 is 34.0 Å². The number of carbonyl (C=O) groups is 2. The van der Waals surface area contributed by atoms with Gasteiger partial charge in [0.1, 0.15) is 12.0 Å². The molecule has 7 heteroatoms. The van der Waals surface area contributed by atoms with Crippen molar-refractivity contribution in [1.82, 2.24) is 0 Å². The highest BCUT2D eigenvalue weighted by Crippen LogP contribution is 2.15. The Balaban J connectivity index is 1.87. The van der Waals surface area contributed by atoms with E-state index in [9.17, 15) is 13.8 Å². The van der Waals surface area contributed by atoms with Crippen LogP contribution < -0.4 is 10.6 Å². The summed E-state index contributed by atoms with van der Waals surface area (Å²) >= 11 is 0. The fourth-order valence-electron chi connectivity index (χ4n) is 1.98. The molecule has 2 aromatic rings. The maximum absolute atomic E-state index is 12.0. The average molecular weight is 348 g/mol. The molecule has 0 saturated carbocycles. The van der Waals surface area contributed by atoms with Crippen molar-refractivity contribution in [2.45, 2.75) is 20.3 Å². The smallest absolute Gasteiger partial charge is 0.258 e. The summed E-state index contributed by atoms with van der Waals surface area (Å²) in [5, 5.41) is 5.48. The number of amides is 2. The summed E-state index contributed by atoms with van der Waals surface area (Å²) in [7, 11) is -0.948. The predicted octanol–water partition coefficient (Wildman–Crippen LogP) is 2.94. The van der Waals surface area contributed by atoms with Crippen LogP contribution in [-0.2, 0) is 15.6 Å². The largest absolute Gasteiger partial charge is 0.469 e. The number of furan rings is 1. The van der Waals surface area contributed by atoms with Crippen molar-refractivity contribution in [2.75, 3.05) is 22.1 Å². The topological polar surface area (TPSA) is 88.4 Å². The molecule has 1 aromatic heterocycles. The van der Waals surface area contributed by atoms with Gasteiger partial charge in [-0.3, -0.25) is 13.8 Å². The summed E-state index contributed by atoms with van der Waals surface area (Å²) in [4.78, 5) is 23.8. The summed E-state index contributed by atoms with van der Waals surface area (Å²) < 4.78 is 16.4. The first-order chi connectivity index (χ1) is 11.5. The molecule has 2 N–H and O–H groups in total. The van der Waals surface area contributed by atoms with Crippen molar-refractivity contribution in [3.8, 4) is 0 Å². The molecule has 6 nitrogen and oxygen atoms in total. The van der Waals surface area contributed by atoms with Crippen LogP contribution in [0, 0.1) is 6.92 Å². The average Bonchev–Trinajstić information content (AvgIpc) is 3.01.